The lowest BCUT2D eigenvalue weighted by Crippen LogP contribution is -2.11. The van der Waals surface area contributed by atoms with Crippen LogP contribution in [-0.4, -0.2) is 6.79 Å². The molecule has 0 spiro atoms. The Morgan fingerprint density at radius 3 is 2.92 bits per heavy atom. The molecule has 0 saturated heterocycles. The van der Waals surface area contributed by atoms with Crippen LogP contribution in [0.1, 0.15) is 5.56 Å². The van der Waals surface area contributed by atoms with Gasteiger partial charge in [0.1, 0.15) is 5.75 Å². The molecule has 1 aromatic rings. The van der Waals surface area contributed by atoms with Crippen molar-refractivity contribution in [2.75, 3.05) is 6.79 Å². The first kappa shape index (κ1) is 8.17. The van der Waals surface area contributed by atoms with E-state index in [1.165, 1.54) is 0 Å². The van der Waals surface area contributed by atoms with Gasteiger partial charge in [0.2, 0.25) is 0 Å². The summed E-state index contributed by atoms with van der Waals surface area (Å²) in [5, 5.41) is 1.15. The maximum absolute atomic E-state index is 5.88. The van der Waals surface area contributed by atoms with Crippen LogP contribution in [0.4, 0.5) is 0 Å². The average Bonchev–Trinajstić information content (AvgIpc) is 2.04. The van der Waals surface area contributed by atoms with Gasteiger partial charge in [-0.1, -0.05) is 23.2 Å². The Balaban J connectivity index is 2.53. The highest BCUT2D eigenvalue weighted by molar-refractivity contribution is 6.35. The molecule has 0 bridgehead atoms. The minimum atomic E-state index is 0.258. The maximum atomic E-state index is 5.88. The molecule has 4 heteroatoms. The molecule has 0 aromatic heterocycles. The summed E-state index contributed by atoms with van der Waals surface area (Å²) in [5.41, 5.74) is 0.902. The lowest BCUT2D eigenvalue weighted by molar-refractivity contribution is -0.0162. The Kier molecular flexibility index (Phi) is 2.13. The summed E-state index contributed by atoms with van der Waals surface area (Å²) in [6.45, 7) is 0.768. The van der Waals surface area contributed by atoms with E-state index in [2.05, 4.69) is 0 Å². The van der Waals surface area contributed by atoms with Crippen LogP contribution < -0.4 is 4.74 Å². The third kappa shape index (κ3) is 1.38. The molecule has 0 atom stereocenters. The number of hydrogen-bond acceptors (Lipinski definition) is 2. The van der Waals surface area contributed by atoms with Gasteiger partial charge < -0.3 is 9.47 Å². The minimum absolute atomic E-state index is 0.258. The number of fused-ring (bicyclic) bond motifs is 1. The van der Waals surface area contributed by atoms with Crippen LogP contribution in [0.3, 0.4) is 0 Å². The minimum Gasteiger partial charge on any atom is -0.466 e. The van der Waals surface area contributed by atoms with Gasteiger partial charge in [-0.05, 0) is 12.1 Å². The standard InChI is InChI=1S/C8H6Cl2O2/c9-6-1-5-3-11-4-12-8(5)7(10)2-6/h1-2H,3-4H2. The molecule has 1 aliphatic rings. The van der Waals surface area contributed by atoms with Crippen molar-refractivity contribution in [1.82, 2.24) is 0 Å². The second-order valence-corrected chi connectivity index (χ2v) is 3.33. The van der Waals surface area contributed by atoms with Crippen molar-refractivity contribution in [3.8, 4) is 5.75 Å². The van der Waals surface area contributed by atoms with Gasteiger partial charge in [0.05, 0.1) is 11.6 Å². The number of benzene rings is 1. The molecule has 1 heterocycles. The quantitative estimate of drug-likeness (QED) is 0.648. The second kappa shape index (κ2) is 3.13. The van der Waals surface area contributed by atoms with Crippen LogP contribution in [0, 0.1) is 0 Å². The number of hydrogen-bond donors (Lipinski definition) is 0. The van der Waals surface area contributed by atoms with Crippen LogP contribution in [0.15, 0.2) is 12.1 Å². The zero-order valence-electron chi connectivity index (χ0n) is 6.14. The molecule has 0 N–H and O–H groups in total. The van der Waals surface area contributed by atoms with E-state index >= 15 is 0 Å². The fraction of sp³-hybridized carbons (Fsp3) is 0.250. The molecule has 0 fully saturated rings. The average molecular weight is 205 g/mol. The summed E-state index contributed by atoms with van der Waals surface area (Å²) in [6, 6.07) is 3.45. The van der Waals surface area contributed by atoms with E-state index in [1.54, 1.807) is 12.1 Å². The predicted octanol–water partition coefficient (Wildman–Crippen LogP) is 2.86. The first-order chi connectivity index (χ1) is 5.77. The molecule has 1 aliphatic heterocycles. The van der Waals surface area contributed by atoms with E-state index in [0.717, 1.165) is 5.56 Å². The lowest BCUT2D eigenvalue weighted by atomic mass is 10.2. The first-order valence-corrected chi connectivity index (χ1v) is 4.21. The lowest BCUT2D eigenvalue weighted by Gasteiger charge is -2.18. The zero-order valence-corrected chi connectivity index (χ0v) is 7.65. The largest absolute Gasteiger partial charge is 0.466 e. The fourth-order valence-electron chi connectivity index (χ4n) is 1.13. The molecule has 0 radical (unpaired) electrons. The normalized spacial score (nSPS) is 15.2. The van der Waals surface area contributed by atoms with Gasteiger partial charge in [0.15, 0.2) is 6.79 Å². The first-order valence-electron chi connectivity index (χ1n) is 3.46. The van der Waals surface area contributed by atoms with E-state index in [9.17, 15) is 0 Å². The Morgan fingerprint density at radius 2 is 2.08 bits per heavy atom. The molecule has 2 rings (SSSR count). The zero-order chi connectivity index (χ0) is 8.55. The molecule has 1 aromatic carbocycles. The molecule has 0 amide bonds. The number of halogens is 2. The van der Waals surface area contributed by atoms with Crippen LogP contribution in [0.5, 0.6) is 5.75 Å². The Morgan fingerprint density at radius 1 is 1.25 bits per heavy atom. The maximum Gasteiger partial charge on any atom is 0.189 e. The molecular weight excluding hydrogens is 199 g/mol. The summed E-state index contributed by atoms with van der Waals surface area (Å²) in [4.78, 5) is 0. The van der Waals surface area contributed by atoms with Gasteiger partial charge in [-0.2, -0.15) is 0 Å². The van der Waals surface area contributed by atoms with Crippen molar-refractivity contribution in [2.45, 2.75) is 6.61 Å². The van der Waals surface area contributed by atoms with Gasteiger partial charge in [-0.3, -0.25) is 0 Å². The Labute approximate surface area is 80.0 Å². The molecule has 0 saturated carbocycles. The Bertz CT molecular complexity index is 312. The summed E-state index contributed by atoms with van der Waals surface area (Å²) in [6.07, 6.45) is 0. The highest BCUT2D eigenvalue weighted by atomic mass is 35.5. The van der Waals surface area contributed by atoms with E-state index in [0.29, 0.717) is 22.4 Å². The molecule has 0 aliphatic carbocycles. The van der Waals surface area contributed by atoms with E-state index in [-0.39, 0.29) is 6.79 Å². The Hall–Kier alpha value is -0.440. The van der Waals surface area contributed by atoms with E-state index in [4.69, 9.17) is 32.7 Å². The molecule has 64 valence electrons. The van der Waals surface area contributed by atoms with Crippen molar-refractivity contribution in [1.29, 1.82) is 0 Å². The molecule has 2 nitrogen and oxygen atoms in total. The van der Waals surface area contributed by atoms with Gasteiger partial charge in [-0.15, -0.1) is 0 Å². The highest BCUT2D eigenvalue weighted by Crippen LogP contribution is 2.34. The van der Waals surface area contributed by atoms with Gasteiger partial charge in [-0.25, -0.2) is 0 Å². The van der Waals surface area contributed by atoms with Gasteiger partial charge in [0, 0.05) is 10.6 Å². The number of ether oxygens (including phenoxy) is 2. The fourth-order valence-corrected chi connectivity index (χ4v) is 1.72. The summed E-state index contributed by atoms with van der Waals surface area (Å²) < 4.78 is 10.3. The van der Waals surface area contributed by atoms with E-state index < -0.39 is 0 Å². The number of rotatable bonds is 0. The summed E-state index contributed by atoms with van der Waals surface area (Å²) >= 11 is 11.7. The van der Waals surface area contributed by atoms with Crippen LogP contribution >= 0.6 is 23.2 Å². The van der Waals surface area contributed by atoms with Gasteiger partial charge >= 0.3 is 0 Å². The van der Waals surface area contributed by atoms with Crippen molar-refractivity contribution >= 4 is 23.2 Å². The van der Waals surface area contributed by atoms with E-state index in [1.807, 2.05) is 0 Å². The third-order valence-electron chi connectivity index (χ3n) is 1.63. The SMILES string of the molecule is Clc1cc(Cl)c2c(c1)COCO2. The topological polar surface area (TPSA) is 18.5 Å². The monoisotopic (exact) mass is 204 g/mol. The van der Waals surface area contributed by atoms with Crippen LogP contribution in [0.2, 0.25) is 10.0 Å². The third-order valence-corrected chi connectivity index (χ3v) is 2.13. The van der Waals surface area contributed by atoms with Crippen molar-refractivity contribution in [3.63, 3.8) is 0 Å². The van der Waals surface area contributed by atoms with Crippen LogP contribution in [0.25, 0.3) is 0 Å². The van der Waals surface area contributed by atoms with Gasteiger partial charge in [0.25, 0.3) is 0 Å². The molecule has 0 unspecified atom stereocenters. The second-order valence-electron chi connectivity index (χ2n) is 2.49. The highest BCUT2D eigenvalue weighted by Gasteiger charge is 2.14. The summed E-state index contributed by atoms with van der Waals surface area (Å²) in [7, 11) is 0. The summed E-state index contributed by atoms with van der Waals surface area (Å²) in [5.74, 6) is 0.687. The van der Waals surface area contributed by atoms with Crippen molar-refractivity contribution < 1.29 is 9.47 Å². The van der Waals surface area contributed by atoms with Crippen molar-refractivity contribution in [3.05, 3.63) is 27.7 Å². The molecular formula is C8H6Cl2O2. The smallest absolute Gasteiger partial charge is 0.189 e. The predicted molar refractivity (Wildman–Crippen MR) is 46.7 cm³/mol. The molecule has 12 heavy (non-hydrogen) atoms. The van der Waals surface area contributed by atoms with Crippen LogP contribution in [-0.2, 0) is 11.3 Å². The van der Waals surface area contributed by atoms with Crippen molar-refractivity contribution in [2.24, 2.45) is 0 Å².